The largest absolute Gasteiger partial charge is 0.484 e. The second-order valence-electron chi connectivity index (χ2n) is 8.65. The molecule has 0 unspecified atom stereocenters. The second-order valence-corrected chi connectivity index (χ2v) is 10.0. The number of hydrogen-bond acceptors (Lipinski definition) is 8. The van der Waals surface area contributed by atoms with Crippen molar-refractivity contribution in [3.05, 3.63) is 99.6 Å². The van der Waals surface area contributed by atoms with Gasteiger partial charge in [-0.25, -0.2) is 9.37 Å². The number of halogens is 2. The molecule has 0 bridgehead atoms. The van der Waals surface area contributed by atoms with Gasteiger partial charge in [0, 0.05) is 22.8 Å². The topological polar surface area (TPSA) is 141 Å². The Kier molecular flexibility index (Phi) is 8.97. The first-order valence-corrected chi connectivity index (χ1v) is 13.2. The third-order valence-corrected chi connectivity index (χ3v) is 7.32. The molecule has 0 saturated carbocycles. The van der Waals surface area contributed by atoms with Crippen molar-refractivity contribution in [3.63, 3.8) is 0 Å². The van der Waals surface area contributed by atoms with Gasteiger partial charge in [-0.2, -0.15) is 0 Å². The van der Waals surface area contributed by atoms with Gasteiger partial charge in [-0.3, -0.25) is 14.4 Å². The van der Waals surface area contributed by atoms with E-state index in [9.17, 15) is 18.8 Å². The van der Waals surface area contributed by atoms with E-state index in [2.05, 4.69) is 10.3 Å². The van der Waals surface area contributed by atoms with Crippen LogP contribution in [-0.4, -0.2) is 35.2 Å². The van der Waals surface area contributed by atoms with Gasteiger partial charge in [0.15, 0.2) is 11.7 Å². The van der Waals surface area contributed by atoms with Gasteiger partial charge in [-0.1, -0.05) is 41.1 Å². The van der Waals surface area contributed by atoms with E-state index in [-0.39, 0.29) is 34.9 Å². The molecule has 1 heterocycles. The number of nitrogens with one attached hydrogen (secondary N) is 1. The van der Waals surface area contributed by atoms with Crippen LogP contribution >= 0.6 is 22.9 Å². The zero-order valence-corrected chi connectivity index (χ0v) is 22.8. The van der Waals surface area contributed by atoms with Crippen LogP contribution in [0.1, 0.15) is 27.7 Å². The van der Waals surface area contributed by atoms with Crippen LogP contribution in [0.2, 0.25) is 5.02 Å². The monoisotopic (exact) mass is 581 g/mol. The number of hydrogen-bond donors (Lipinski definition) is 3. The summed E-state index contributed by atoms with van der Waals surface area (Å²) < 4.78 is 19.0. The van der Waals surface area contributed by atoms with E-state index in [4.69, 9.17) is 27.8 Å². The lowest BCUT2D eigenvalue weighted by Gasteiger charge is -2.26. The lowest BCUT2D eigenvalue weighted by Crippen LogP contribution is -2.39. The molecule has 0 fully saturated rings. The number of aromatic nitrogens is 1. The molecule has 12 heteroatoms. The van der Waals surface area contributed by atoms with Crippen LogP contribution in [0.4, 0.5) is 21.0 Å². The molecule has 0 aliphatic heterocycles. The van der Waals surface area contributed by atoms with Crippen molar-refractivity contribution in [1.82, 2.24) is 10.3 Å². The van der Waals surface area contributed by atoms with Crippen molar-refractivity contribution in [2.24, 2.45) is 5.73 Å². The van der Waals surface area contributed by atoms with Crippen LogP contribution in [0.5, 0.6) is 5.75 Å². The average molecular weight is 582 g/mol. The van der Waals surface area contributed by atoms with Crippen molar-refractivity contribution >= 4 is 57.2 Å². The predicted molar refractivity (Wildman–Crippen MR) is 152 cm³/mol. The van der Waals surface area contributed by atoms with Crippen molar-refractivity contribution < 1.29 is 23.5 Å². The van der Waals surface area contributed by atoms with Gasteiger partial charge in [-0.05, 0) is 67.1 Å². The van der Waals surface area contributed by atoms with Crippen LogP contribution < -0.4 is 26.4 Å². The SMILES string of the molecule is C[C@H](C(N)=O)N(c1ccc(F)cc1)c1nc(N)c(C(=O)c2ccc(OCC(=O)NCc3ccccc3Cl)cc2)s1. The molecule has 0 saturated heterocycles. The molecule has 9 nitrogen and oxygen atoms in total. The molecular weight excluding hydrogens is 557 g/mol. The van der Waals surface area contributed by atoms with E-state index >= 15 is 0 Å². The van der Waals surface area contributed by atoms with Crippen molar-refractivity contribution in [2.75, 3.05) is 17.2 Å². The zero-order valence-electron chi connectivity index (χ0n) is 21.3. The fourth-order valence-corrected chi connectivity index (χ4v) is 4.94. The third-order valence-electron chi connectivity index (χ3n) is 5.88. The van der Waals surface area contributed by atoms with Gasteiger partial charge in [0.05, 0.1) is 0 Å². The number of thiazole rings is 1. The highest BCUT2D eigenvalue weighted by atomic mass is 35.5. The quantitative estimate of drug-likeness (QED) is 0.222. The summed E-state index contributed by atoms with van der Waals surface area (Å²) in [5.74, 6) is -1.45. The maximum Gasteiger partial charge on any atom is 0.258 e. The average Bonchev–Trinajstić information content (AvgIpc) is 3.33. The van der Waals surface area contributed by atoms with Gasteiger partial charge < -0.3 is 26.4 Å². The maximum atomic E-state index is 13.5. The predicted octanol–water partition coefficient (Wildman–Crippen LogP) is 4.46. The van der Waals surface area contributed by atoms with Crippen LogP contribution in [0.15, 0.2) is 72.8 Å². The summed E-state index contributed by atoms with van der Waals surface area (Å²) >= 11 is 7.08. The van der Waals surface area contributed by atoms with Gasteiger partial charge in [0.2, 0.25) is 11.7 Å². The molecule has 4 rings (SSSR count). The molecule has 40 heavy (non-hydrogen) atoms. The first-order chi connectivity index (χ1) is 19.1. The highest BCUT2D eigenvalue weighted by molar-refractivity contribution is 7.18. The van der Waals surface area contributed by atoms with Crippen LogP contribution in [-0.2, 0) is 16.1 Å². The summed E-state index contributed by atoms with van der Waals surface area (Å²) in [6.07, 6.45) is 0. The number of ketones is 1. The number of carbonyl (C=O) groups is 3. The number of nitrogens with zero attached hydrogens (tertiary/aromatic N) is 2. The number of carbonyl (C=O) groups excluding carboxylic acids is 3. The van der Waals surface area contributed by atoms with E-state index in [1.54, 1.807) is 43.3 Å². The first-order valence-electron chi connectivity index (χ1n) is 12.0. The summed E-state index contributed by atoms with van der Waals surface area (Å²) in [5, 5.41) is 3.54. The Bertz CT molecular complexity index is 1530. The molecule has 5 N–H and O–H groups in total. The smallest absolute Gasteiger partial charge is 0.258 e. The highest BCUT2D eigenvalue weighted by Crippen LogP contribution is 2.36. The van der Waals surface area contributed by atoms with Crippen LogP contribution in [0, 0.1) is 5.82 Å². The number of ether oxygens (including phenoxy) is 1. The van der Waals surface area contributed by atoms with E-state index < -0.39 is 23.5 Å². The Balaban J connectivity index is 1.43. The van der Waals surface area contributed by atoms with Gasteiger partial charge in [0.1, 0.15) is 28.3 Å². The van der Waals surface area contributed by atoms with Crippen molar-refractivity contribution in [2.45, 2.75) is 19.5 Å². The lowest BCUT2D eigenvalue weighted by atomic mass is 10.1. The molecule has 4 aromatic rings. The Hall–Kier alpha value is -4.48. The molecule has 3 aromatic carbocycles. The van der Waals surface area contributed by atoms with Gasteiger partial charge in [0.25, 0.3) is 5.91 Å². The number of nitrogen functional groups attached to an aromatic ring is 1. The van der Waals surface area contributed by atoms with Crippen LogP contribution in [0.25, 0.3) is 0 Å². The summed E-state index contributed by atoms with van der Waals surface area (Å²) in [6, 6.07) is 18.0. The molecule has 1 aromatic heterocycles. The van der Waals surface area contributed by atoms with Crippen molar-refractivity contribution in [3.8, 4) is 5.75 Å². The summed E-state index contributed by atoms with van der Waals surface area (Å²) in [7, 11) is 0. The Morgan fingerprint density at radius 1 is 1.07 bits per heavy atom. The summed E-state index contributed by atoms with van der Waals surface area (Å²) in [5.41, 5.74) is 13.2. The van der Waals surface area contributed by atoms with E-state index in [1.165, 1.54) is 29.2 Å². The Morgan fingerprint density at radius 3 is 2.40 bits per heavy atom. The van der Waals surface area contributed by atoms with Crippen molar-refractivity contribution in [1.29, 1.82) is 0 Å². The molecule has 0 radical (unpaired) electrons. The fraction of sp³-hybridized carbons (Fsp3) is 0.143. The summed E-state index contributed by atoms with van der Waals surface area (Å²) in [6.45, 7) is 1.62. The molecule has 2 amide bonds. The van der Waals surface area contributed by atoms with E-state index in [0.29, 0.717) is 22.0 Å². The summed E-state index contributed by atoms with van der Waals surface area (Å²) in [4.78, 5) is 43.3. The molecule has 0 aliphatic carbocycles. The first kappa shape index (κ1) is 28.5. The number of rotatable bonds is 11. The molecule has 206 valence electrons. The number of amides is 2. The van der Waals surface area contributed by atoms with Gasteiger partial charge in [-0.15, -0.1) is 0 Å². The molecule has 0 aliphatic rings. The van der Waals surface area contributed by atoms with E-state index in [0.717, 1.165) is 16.9 Å². The van der Waals surface area contributed by atoms with Gasteiger partial charge >= 0.3 is 0 Å². The second kappa shape index (κ2) is 12.6. The highest BCUT2D eigenvalue weighted by Gasteiger charge is 2.27. The minimum absolute atomic E-state index is 0.0238. The maximum absolute atomic E-state index is 13.5. The third kappa shape index (κ3) is 6.74. The Morgan fingerprint density at radius 2 is 1.75 bits per heavy atom. The van der Waals surface area contributed by atoms with Crippen LogP contribution in [0.3, 0.4) is 0 Å². The molecular formula is C28H25ClFN5O4S. The van der Waals surface area contributed by atoms with E-state index in [1.807, 2.05) is 12.1 Å². The molecule has 0 spiro atoms. The normalized spacial score (nSPS) is 11.5. The minimum Gasteiger partial charge on any atom is -0.484 e. The zero-order chi connectivity index (χ0) is 28.8. The Labute approximate surface area is 238 Å². The lowest BCUT2D eigenvalue weighted by molar-refractivity contribution is -0.123. The number of primary amides is 1. The standard InChI is InChI=1S/C28H25ClFN5O4S/c1-16(27(32)38)35(20-10-8-19(30)9-11-20)28-34-26(31)25(40-28)24(37)17-6-12-21(13-7-17)39-15-23(36)33-14-18-4-2-3-5-22(18)29/h2-13,16H,14-15,31H2,1H3,(H2,32,38)(H,33,36)/t16-/m1/s1. The number of anilines is 3. The molecule has 1 atom stereocenters. The minimum atomic E-state index is -0.850. The number of nitrogens with two attached hydrogens (primary N) is 2. The number of benzene rings is 3. The fourth-order valence-electron chi connectivity index (χ4n) is 3.68.